The number of anilines is 2. The van der Waals surface area contributed by atoms with Gasteiger partial charge in [0.05, 0.1) is 0 Å². The zero-order valence-corrected chi connectivity index (χ0v) is 15.5. The second-order valence-electron chi connectivity index (χ2n) is 5.66. The van der Waals surface area contributed by atoms with Crippen LogP contribution in [0, 0.1) is 6.92 Å². The van der Waals surface area contributed by atoms with E-state index in [9.17, 15) is 4.79 Å². The van der Waals surface area contributed by atoms with Crippen LogP contribution in [0.2, 0.25) is 10.0 Å². The van der Waals surface area contributed by atoms with Gasteiger partial charge in [0.15, 0.2) is 0 Å². The zero-order valence-electron chi connectivity index (χ0n) is 14.0. The monoisotopic (exact) mass is 386 g/mol. The van der Waals surface area contributed by atoms with Crippen molar-refractivity contribution in [2.45, 2.75) is 13.5 Å². The van der Waals surface area contributed by atoms with Gasteiger partial charge in [-0.1, -0.05) is 41.4 Å². The van der Waals surface area contributed by atoms with Crippen LogP contribution < -0.4 is 10.6 Å². The van der Waals surface area contributed by atoms with Crippen molar-refractivity contribution in [2.75, 3.05) is 10.6 Å². The van der Waals surface area contributed by atoms with Crippen molar-refractivity contribution in [3.63, 3.8) is 0 Å². The molecule has 0 radical (unpaired) electrons. The molecule has 1 amide bonds. The summed E-state index contributed by atoms with van der Waals surface area (Å²) in [7, 11) is 0. The number of hydrogen-bond donors (Lipinski definition) is 2. The minimum atomic E-state index is -0.327. The Kier molecular flexibility index (Phi) is 5.71. The molecule has 1 aromatic heterocycles. The molecule has 0 saturated carbocycles. The molecule has 3 aromatic rings. The van der Waals surface area contributed by atoms with Gasteiger partial charge in [-0.05, 0) is 48.4 Å². The van der Waals surface area contributed by atoms with Gasteiger partial charge in [-0.2, -0.15) is 0 Å². The third kappa shape index (κ3) is 4.71. The van der Waals surface area contributed by atoms with E-state index in [4.69, 9.17) is 23.2 Å². The van der Waals surface area contributed by atoms with Crippen LogP contribution in [0.1, 0.15) is 21.6 Å². The Balaban J connectivity index is 1.69. The summed E-state index contributed by atoms with van der Waals surface area (Å²) in [5.74, 6) is 0.0442. The Morgan fingerprint density at radius 2 is 1.77 bits per heavy atom. The van der Waals surface area contributed by atoms with E-state index in [1.165, 1.54) is 6.20 Å². The third-order valence-electron chi connectivity index (χ3n) is 3.70. The first-order chi connectivity index (χ1) is 12.5. The Morgan fingerprint density at radius 1 is 1.04 bits per heavy atom. The second kappa shape index (κ2) is 8.17. The average molecular weight is 387 g/mol. The van der Waals surface area contributed by atoms with Crippen molar-refractivity contribution in [1.29, 1.82) is 0 Å². The predicted octanol–water partition coefficient (Wildman–Crippen LogP) is 4.96. The van der Waals surface area contributed by atoms with E-state index in [1.54, 1.807) is 18.2 Å². The highest BCUT2D eigenvalue weighted by molar-refractivity contribution is 6.31. The summed E-state index contributed by atoms with van der Waals surface area (Å²) in [6.07, 6.45) is 1.54. The van der Waals surface area contributed by atoms with E-state index in [2.05, 4.69) is 20.6 Å². The highest BCUT2D eigenvalue weighted by atomic mass is 35.5. The fourth-order valence-electron chi connectivity index (χ4n) is 2.27. The highest BCUT2D eigenvalue weighted by Crippen LogP contribution is 2.20. The number of halogens is 2. The number of carbonyl (C=O) groups is 1. The van der Waals surface area contributed by atoms with Crippen LogP contribution in [0.3, 0.4) is 0 Å². The van der Waals surface area contributed by atoms with Gasteiger partial charge in [0.1, 0.15) is 5.69 Å². The Bertz CT molecular complexity index is 929. The molecular weight excluding hydrogens is 371 g/mol. The van der Waals surface area contributed by atoms with E-state index >= 15 is 0 Å². The molecular formula is C19H16Cl2N4O. The summed E-state index contributed by atoms with van der Waals surface area (Å²) < 4.78 is 0. The highest BCUT2D eigenvalue weighted by Gasteiger charge is 2.11. The van der Waals surface area contributed by atoms with Gasteiger partial charge < -0.3 is 10.6 Å². The normalized spacial score (nSPS) is 10.4. The van der Waals surface area contributed by atoms with Gasteiger partial charge in [-0.3, -0.25) is 4.79 Å². The fourth-order valence-corrected chi connectivity index (χ4v) is 2.57. The van der Waals surface area contributed by atoms with E-state index in [-0.39, 0.29) is 11.6 Å². The number of carbonyl (C=O) groups excluding carboxylic acids is 1. The third-order valence-corrected chi connectivity index (χ3v) is 4.19. The number of hydrogen-bond acceptors (Lipinski definition) is 4. The molecule has 0 saturated heterocycles. The summed E-state index contributed by atoms with van der Waals surface area (Å²) in [6, 6.07) is 14.3. The van der Waals surface area contributed by atoms with Crippen molar-refractivity contribution in [3.8, 4) is 0 Å². The summed E-state index contributed by atoms with van der Waals surface area (Å²) in [5.41, 5.74) is 2.86. The van der Waals surface area contributed by atoms with Crippen molar-refractivity contribution in [3.05, 3.63) is 81.6 Å². The molecule has 0 aliphatic heterocycles. The molecule has 0 aliphatic carbocycles. The summed E-state index contributed by atoms with van der Waals surface area (Å²) in [5, 5.41) is 7.15. The van der Waals surface area contributed by atoms with Crippen molar-refractivity contribution in [1.82, 2.24) is 9.97 Å². The maximum absolute atomic E-state index is 12.5. The molecule has 5 nitrogen and oxygen atoms in total. The molecule has 2 N–H and O–H groups in total. The SMILES string of the molecule is Cc1ccc(Cl)cc1NC(=O)c1ccnc(NCc2ccc(Cl)cc2)n1. The minimum absolute atomic E-state index is 0.262. The van der Waals surface area contributed by atoms with E-state index in [0.29, 0.717) is 28.2 Å². The molecule has 132 valence electrons. The van der Waals surface area contributed by atoms with Crippen LogP contribution >= 0.6 is 23.2 Å². The topological polar surface area (TPSA) is 66.9 Å². The van der Waals surface area contributed by atoms with Gasteiger partial charge in [0, 0.05) is 28.5 Å². The average Bonchev–Trinajstić information content (AvgIpc) is 2.64. The molecule has 0 bridgehead atoms. The number of nitrogens with zero attached hydrogens (tertiary/aromatic N) is 2. The maximum Gasteiger partial charge on any atom is 0.274 e. The van der Waals surface area contributed by atoms with Crippen LogP contribution in [-0.2, 0) is 6.54 Å². The maximum atomic E-state index is 12.5. The Labute approximate surface area is 161 Å². The number of aryl methyl sites for hydroxylation is 1. The smallest absolute Gasteiger partial charge is 0.274 e. The van der Waals surface area contributed by atoms with Crippen molar-refractivity contribution in [2.24, 2.45) is 0 Å². The molecule has 26 heavy (non-hydrogen) atoms. The molecule has 3 rings (SSSR count). The molecule has 0 unspecified atom stereocenters. The number of rotatable bonds is 5. The summed E-state index contributed by atoms with van der Waals surface area (Å²) in [6.45, 7) is 2.42. The van der Waals surface area contributed by atoms with Crippen molar-refractivity contribution < 1.29 is 4.79 Å². The molecule has 7 heteroatoms. The van der Waals surface area contributed by atoms with Crippen LogP contribution in [0.15, 0.2) is 54.7 Å². The summed E-state index contributed by atoms with van der Waals surface area (Å²) >= 11 is 11.9. The van der Waals surface area contributed by atoms with E-state index < -0.39 is 0 Å². The zero-order chi connectivity index (χ0) is 18.5. The quantitative estimate of drug-likeness (QED) is 0.650. The molecule has 0 aliphatic rings. The first kappa shape index (κ1) is 18.2. The molecule has 0 spiro atoms. The van der Waals surface area contributed by atoms with Crippen LogP contribution in [-0.4, -0.2) is 15.9 Å². The van der Waals surface area contributed by atoms with Gasteiger partial charge in [0.25, 0.3) is 5.91 Å². The van der Waals surface area contributed by atoms with Crippen LogP contribution in [0.4, 0.5) is 11.6 Å². The van der Waals surface area contributed by atoms with Gasteiger partial charge in [-0.25, -0.2) is 9.97 Å². The van der Waals surface area contributed by atoms with E-state index in [1.807, 2.05) is 37.3 Å². The Hall–Kier alpha value is -2.63. The first-order valence-corrected chi connectivity index (χ1v) is 8.66. The largest absolute Gasteiger partial charge is 0.350 e. The standard InChI is InChI=1S/C19H16Cl2N4O/c1-12-2-5-15(21)10-17(12)24-18(26)16-8-9-22-19(25-16)23-11-13-3-6-14(20)7-4-13/h2-10H,11H2,1H3,(H,24,26)(H,22,23,25). The van der Waals surface area contributed by atoms with E-state index in [0.717, 1.165) is 11.1 Å². The second-order valence-corrected chi connectivity index (χ2v) is 6.53. The minimum Gasteiger partial charge on any atom is -0.350 e. The van der Waals surface area contributed by atoms with Gasteiger partial charge in [0.2, 0.25) is 5.95 Å². The van der Waals surface area contributed by atoms with Gasteiger partial charge in [-0.15, -0.1) is 0 Å². The van der Waals surface area contributed by atoms with Crippen molar-refractivity contribution >= 4 is 40.7 Å². The lowest BCUT2D eigenvalue weighted by Gasteiger charge is -2.09. The molecule has 1 heterocycles. The van der Waals surface area contributed by atoms with Gasteiger partial charge >= 0.3 is 0 Å². The Morgan fingerprint density at radius 3 is 2.54 bits per heavy atom. The fraction of sp³-hybridized carbons (Fsp3) is 0.105. The first-order valence-electron chi connectivity index (χ1n) is 7.90. The number of benzene rings is 2. The number of nitrogens with one attached hydrogen (secondary N) is 2. The molecule has 0 atom stereocenters. The molecule has 2 aromatic carbocycles. The predicted molar refractivity (Wildman–Crippen MR) is 105 cm³/mol. The lowest BCUT2D eigenvalue weighted by atomic mass is 10.2. The lowest BCUT2D eigenvalue weighted by Crippen LogP contribution is -2.16. The number of amides is 1. The number of aromatic nitrogens is 2. The van der Waals surface area contributed by atoms with Crippen LogP contribution in [0.25, 0.3) is 0 Å². The molecule has 0 fully saturated rings. The lowest BCUT2D eigenvalue weighted by molar-refractivity contribution is 0.102. The van der Waals surface area contributed by atoms with Crippen LogP contribution in [0.5, 0.6) is 0 Å². The summed E-state index contributed by atoms with van der Waals surface area (Å²) in [4.78, 5) is 20.9.